The minimum absolute atomic E-state index is 0.564. The predicted molar refractivity (Wildman–Crippen MR) is 205 cm³/mol. The van der Waals surface area contributed by atoms with Gasteiger partial charge in [0.05, 0.1) is 11.2 Å². The lowest BCUT2D eigenvalue weighted by Crippen LogP contribution is -2.02. The van der Waals surface area contributed by atoms with Crippen LogP contribution >= 0.6 is 0 Å². The molecular weight excluding hydrogens is 611 g/mol. The Balaban J connectivity index is 1.22. The van der Waals surface area contributed by atoms with Gasteiger partial charge in [-0.25, -0.2) is 15.0 Å². The van der Waals surface area contributed by atoms with Gasteiger partial charge in [0.15, 0.2) is 17.5 Å². The molecule has 0 spiro atoms. The molecule has 0 bridgehead atoms. The van der Waals surface area contributed by atoms with E-state index in [1.54, 1.807) is 0 Å². The Morgan fingerprint density at radius 1 is 0.340 bits per heavy atom. The van der Waals surface area contributed by atoms with Crippen molar-refractivity contribution < 1.29 is 0 Å². The number of hydrogen-bond acceptors (Lipinski definition) is 5. The number of benzene rings is 7. The standard InChI is InChI=1S/C45H27N5/c1-3-15-32-29(11-1)25-39(36-19-7-5-17-34(32)36)44-48-43(31-22-23-41(47-27-31)38-21-9-13-28-14-10-24-46-42(28)38)49-45(50-44)40-26-30-12-2-4-16-33(30)35-18-6-8-20-37(35)40/h1-27H. The smallest absolute Gasteiger partial charge is 0.165 e. The average Bonchev–Trinajstić information content (AvgIpc) is 3.20. The van der Waals surface area contributed by atoms with Crippen molar-refractivity contribution in [2.45, 2.75) is 0 Å². The van der Waals surface area contributed by atoms with Crippen LogP contribution in [-0.2, 0) is 0 Å². The van der Waals surface area contributed by atoms with Gasteiger partial charge in [-0.1, -0.05) is 121 Å². The molecule has 0 saturated carbocycles. The number of para-hydroxylation sites is 1. The summed E-state index contributed by atoms with van der Waals surface area (Å²) in [7, 11) is 0. The number of nitrogens with zero attached hydrogens (tertiary/aromatic N) is 5. The highest BCUT2D eigenvalue weighted by Crippen LogP contribution is 2.38. The lowest BCUT2D eigenvalue weighted by atomic mass is 9.96. The fraction of sp³-hybridized carbons (Fsp3) is 0. The monoisotopic (exact) mass is 637 g/mol. The summed E-state index contributed by atoms with van der Waals surface area (Å²) in [5, 5.41) is 10.3. The van der Waals surface area contributed by atoms with Crippen molar-refractivity contribution in [3.63, 3.8) is 0 Å². The molecule has 50 heavy (non-hydrogen) atoms. The normalized spacial score (nSPS) is 11.6. The zero-order chi connectivity index (χ0) is 33.0. The summed E-state index contributed by atoms with van der Waals surface area (Å²) in [6.07, 6.45) is 3.68. The molecule has 0 aliphatic rings. The number of aromatic nitrogens is 5. The Kier molecular flexibility index (Phi) is 6.42. The number of rotatable bonds is 4. The van der Waals surface area contributed by atoms with E-state index in [-0.39, 0.29) is 0 Å². The summed E-state index contributed by atoms with van der Waals surface area (Å²) in [4.78, 5) is 25.2. The van der Waals surface area contributed by atoms with Gasteiger partial charge < -0.3 is 0 Å². The largest absolute Gasteiger partial charge is 0.256 e. The average molecular weight is 638 g/mol. The molecule has 0 unspecified atom stereocenters. The molecule has 10 aromatic rings. The first kappa shape index (κ1) is 28.2. The van der Waals surface area contributed by atoms with Gasteiger partial charge in [-0.15, -0.1) is 0 Å². The van der Waals surface area contributed by atoms with Crippen LogP contribution < -0.4 is 0 Å². The topological polar surface area (TPSA) is 64.5 Å². The Hall–Kier alpha value is -6.85. The van der Waals surface area contributed by atoms with Gasteiger partial charge in [0.2, 0.25) is 0 Å². The SMILES string of the molecule is c1cnc2c(-c3ccc(-c4nc(-c5cc6ccccc6c6ccccc56)nc(-c5cc6ccccc6c6ccccc56)n4)cn3)cccc2c1. The van der Waals surface area contributed by atoms with E-state index in [4.69, 9.17) is 19.9 Å². The lowest BCUT2D eigenvalue weighted by Gasteiger charge is -2.14. The first-order chi connectivity index (χ1) is 24.8. The predicted octanol–water partition coefficient (Wildman–Crippen LogP) is 11.1. The molecule has 3 aromatic heterocycles. The number of pyridine rings is 2. The third kappa shape index (κ3) is 4.60. The highest BCUT2D eigenvalue weighted by atomic mass is 15.0. The minimum Gasteiger partial charge on any atom is -0.256 e. The molecule has 0 aliphatic heterocycles. The maximum Gasteiger partial charge on any atom is 0.165 e. The molecule has 0 N–H and O–H groups in total. The maximum atomic E-state index is 5.26. The van der Waals surface area contributed by atoms with Gasteiger partial charge in [0.25, 0.3) is 0 Å². The highest BCUT2D eigenvalue weighted by molar-refractivity contribution is 6.14. The van der Waals surface area contributed by atoms with Crippen molar-refractivity contribution in [2.75, 3.05) is 0 Å². The molecule has 10 rings (SSSR count). The minimum atomic E-state index is 0.564. The molecule has 0 saturated heterocycles. The van der Waals surface area contributed by atoms with Crippen LogP contribution in [0.3, 0.4) is 0 Å². The molecule has 3 heterocycles. The van der Waals surface area contributed by atoms with Crippen LogP contribution in [0.4, 0.5) is 0 Å². The summed E-state index contributed by atoms with van der Waals surface area (Å²) in [6, 6.07) is 52.6. The van der Waals surface area contributed by atoms with Crippen LogP contribution in [0, 0.1) is 0 Å². The fourth-order valence-corrected chi connectivity index (χ4v) is 7.22. The van der Waals surface area contributed by atoms with Crippen LogP contribution in [-0.4, -0.2) is 24.9 Å². The van der Waals surface area contributed by atoms with E-state index in [9.17, 15) is 0 Å². The van der Waals surface area contributed by atoms with Crippen molar-refractivity contribution in [1.82, 2.24) is 24.9 Å². The second-order valence-corrected chi connectivity index (χ2v) is 12.5. The van der Waals surface area contributed by atoms with E-state index in [1.807, 2.05) is 36.7 Å². The second kappa shape index (κ2) is 11.4. The molecule has 7 aromatic carbocycles. The summed E-state index contributed by atoms with van der Waals surface area (Å²) < 4.78 is 0. The zero-order valence-electron chi connectivity index (χ0n) is 26.8. The van der Waals surface area contributed by atoms with Crippen molar-refractivity contribution in [3.8, 4) is 45.4 Å². The fourth-order valence-electron chi connectivity index (χ4n) is 7.22. The van der Waals surface area contributed by atoms with Crippen molar-refractivity contribution in [1.29, 1.82) is 0 Å². The first-order valence-electron chi connectivity index (χ1n) is 16.7. The maximum absolute atomic E-state index is 5.26. The van der Waals surface area contributed by atoms with Crippen LogP contribution in [0.25, 0.3) is 99.4 Å². The van der Waals surface area contributed by atoms with E-state index < -0.39 is 0 Å². The highest BCUT2D eigenvalue weighted by Gasteiger charge is 2.18. The lowest BCUT2D eigenvalue weighted by molar-refractivity contribution is 1.08. The van der Waals surface area contributed by atoms with Crippen molar-refractivity contribution in [2.24, 2.45) is 0 Å². The van der Waals surface area contributed by atoms with E-state index in [0.717, 1.165) is 71.2 Å². The third-order valence-corrected chi connectivity index (χ3v) is 9.58. The molecule has 0 radical (unpaired) electrons. The number of fused-ring (bicyclic) bond motifs is 7. The molecule has 0 atom stereocenters. The van der Waals surface area contributed by atoms with Gasteiger partial charge in [-0.3, -0.25) is 9.97 Å². The molecule has 5 nitrogen and oxygen atoms in total. The van der Waals surface area contributed by atoms with Crippen LogP contribution in [0.5, 0.6) is 0 Å². The summed E-state index contributed by atoms with van der Waals surface area (Å²) in [5.41, 5.74) is 5.47. The van der Waals surface area contributed by atoms with E-state index in [2.05, 4.69) is 132 Å². The molecular formula is C45H27N5. The molecule has 5 heteroatoms. The third-order valence-electron chi connectivity index (χ3n) is 9.58. The van der Waals surface area contributed by atoms with E-state index in [1.165, 1.54) is 10.8 Å². The Morgan fingerprint density at radius 3 is 1.46 bits per heavy atom. The molecule has 0 fully saturated rings. The summed E-state index contributed by atoms with van der Waals surface area (Å²) in [6.45, 7) is 0. The van der Waals surface area contributed by atoms with E-state index >= 15 is 0 Å². The molecule has 0 amide bonds. The van der Waals surface area contributed by atoms with Crippen LogP contribution in [0.15, 0.2) is 164 Å². The van der Waals surface area contributed by atoms with Crippen LogP contribution in [0.2, 0.25) is 0 Å². The summed E-state index contributed by atoms with van der Waals surface area (Å²) in [5.74, 6) is 1.80. The van der Waals surface area contributed by atoms with Crippen LogP contribution in [0.1, 0.15) is 0 Å². The van der Waals surface area contributed by atoms with Crippen molar-refractivity contribution >= 4 is 54.0 Å². The van der Waals surface area contributed by atoms with Crippen molar-refractivity contribution in [3.05, 3.63) is 164 Å². The van der Waals surface area contributed by atoms with Gasteiger partial charge >= 0.3 is 0 Å². The van der Waals surface area contributed by atoms with Gasteiger partial charge in [0.1, 0.15) is 0 Å². The molecule has 0 aliphatic carbocycles. The zero-order valence-corrected chi connectivity index (χ0v) is 26.8. The quantitative estimate of drug-likeness (QED) is 0.180. The van der Waals surface area contributed by atoms with Gasteiger partial charge in [0, 0.05) is 40.0 Å². The Morgan fingerprint density at radius 2 is 0.860 bits per heavy atom. The molecule has 232 valence electrons. The number of hydrogen-bond donors (Lipinski definition) is 0. The Bertz CT molecular complexity index is 2790. The Labute approximate surface area is 287 Å². The first-order valence-corrected chi connectivity index (χ1v) is 16.7. The van der Waals surface area contributed by atoms with Gasteiger partial charge in [-0.2, -0.15) is 0 Å². The summed E-state index contributed by atoms with van der Waals surface area (Å²) >= 11 is 0. The van der Waals surface area contributed by atoms with E-state index in [0.29, 0.717) is 17.5 Å². The second-order valence-electron chi connectivity index (χ2n) is 12.5. The van der Waals surface area contributed by atoms with Gasteiger partial charge in [-0.05, 0) is 73.4 Å².